The molecule has 0 amide bonds. The highest BCUT2D eigenvalue weighted by Crippen LogP contribution is 2.27. The van der Waals surface area contributed by atoms with E-state index in [1.165, 1.54) is 37.2 Å². The zero-order valence-electron chi connectivity index (χ0n) is 6.23. The van der Waals surface area contributed by atoms with Crippen LogP contribution in [-0.2, 0) is 0 Å². The minimum absolute atomic E-state index is 1.08. The third-order valence-electron chi connectivity index (χ3n) is 1.99. The molecule has 1 atom stereocenters. The molecule has 0 N–H and O–H groups in total. The summed E-state index contributed by atoms with van der Waals surface area (Å²) >= 11 is 2.13. The first kappa shape index (κ1) is 7.46. The minimum Gasteiger partial charge on any atom is -0.162 e. The lowest BCUT2D eigenvalue weighted by atomic mass is 10.0. The Morgan fingerprint density at radius 2 is 2.44 bits per heavy atom. The van der Waals surface area contributed by atoms with Crippen molar-refractivity contribution in [2.24, 2.45) is 5.92 Å². The van der Waals surface area contributed by atoms with E-state index in [1.807, 2.05) is 0 Å². The molecule has 1 fully saturated rings. The van der Waals surface area contributed by atoms with Crippen molar-refractivity contribution >= 4 is 11.8 Å². The molecule has 1 rings (SSSR count). The van der Waals surface area contributed by atoms with E-state index >= 15 is 0 Å². The maximum atomic E-state index is 2.28. The van der Waals surface area contributed by atoms with Crippen LogP contribution in [0.5, 0.6) is 0 Å². The first-order valence-corrected chi connectivity index (χ1v) is 5.16. The quantitative estimate of drug-likeness (QED) is 0.587. The summed E-state index contributed by atoms with van der Waals surface area (Å²) in [6.45, 7) is 2.28. The normalized spacial score (nSPS) is 27.0. The number of thioether (sulfide) groups is 1. The van der Waals surface area contributed by atoms with Crippen molar-refractivity contribution in [1.29, 1.82) is 0 Å². The first-order chi connectivity index (χ1) is 4.43. The van der Waals surface area contributed by atoms with Crippen LogP contribution in [0.2, 0.25) is 0 Å². The Morgan fingerprint density at radius 3 is 3.00 bits per heavy atom. The fraction of sp³-hybridized carbons (Fsp3) is 1.00. The Hall–Kier alpha value is 0.350. The minimum atomic E-state index is 1.08. The molecule has 0 aliphatic carbocycles. The van der Waals surface area contributed by atoms with Gasteiger partial charge in [-0.3, -0.25) is 0 Å². The average Bonchev–Trinajstić information content (AvgIpc) is 2.34. The van der Waals surface area contributed by atoms with Crippen LogP contribution in [0.3, 0.4) is 0 Å². The van der Waals surface area contributed by atoms with Gasteiger partial charge in [-0.15, -0.1) is 0 Å². The topological polar surface area (TPSA) is 0 Å². The molecule has 1 heteroatoms. The Balaban J connectivity index is 1.98. The maximum absolute atomic E-state index is 2.28. The second-order valence-corrected chi connectivity index (χ2v) is 4.02. The molecule has 1 aliphatic heterocycles. The largest absolute Gasteiger partial charge is 0.162 e. The Bertz CT molecular complexity index is 65.0. The van der Waals surface area contributed by atoms with Gasteiger partial charge < -0.3 is 0 Å². The summed E-state index contributed by atoms with van der Waals surface area (Å²) in [5.41, 5.74) is 0. The summed E-state index contributed by atoms with van der Waals surface area (Å²) in [6.07, 6.45) is 5.81. The van der Waals surface area contributed by atoms with Crippen molar-refractivity contribution in [3.63, 3.8) is 0 Å². The summed E-state index contributed by atoms with van der Waals surface area (Å²) in [5, 5.41) is 0. The molecule has 0 saturated carbocycles. The highest BCUT2D eigenvalue weighted by Gasteiger charge is 2.13. The van der Waals surface area contributed by atoms with Crippen molar-refractivity contribution in [3.05, 3.63) is 0 Å². The highest BCUT2D eigenvalue weighted by molar-refractivity contribution is 7.99. The maximum Gasteiger partial charge on any atom is -0.00388 e. The predicted octanol–water partition coefficient (Wildman–Crippen LogP) is 2.93. The molecular weight excluding hydrogens is 128 g/mol. The lowest BCUT2D eigenvalue weighted by molar-refractivity contribution is 0.517. The molecule has 1 heterocycles. The second kappa shape index (κ2) is 4.21. The Labute approximate surface area is 62.4 Å². The molecule has 0 spiro atoms. The van der Waals surface area contributed by atoms with Crippen molar-refractivity contribution in [1.82, 2.24) is 0 Å². The van der Waals surface area contributed by atoms with Crippen LogP contribution >= 0.6 is 11.8 Å². The zero-order valence-corrected chi connectivity index (χ0v) is 7.04. The highest BCUT2D eigenvalue weighted by atomic mass is 32.2. The van der Waals surface area contributed by atoms with E-state index in [4.69, 9.17) is 0 Å². The van der Waals surface area contributed by atoms with Crippen molar-refractivity contribution < 1.29 is 0 Å². The lowest BCUT2D eigenvalue weighted by Gasteiger charge is -2.04. The van der Waals surface area contributed by atoms with Gasteiger partial charge in [-0.2, -0.15) is 11.8 Å². The van der Waals surface area contributed by atoms with Crippen LogP contribution in [0.25, 0.3) is 0 Å². The van der Waals surface area contributed by atoms with E-state index in [2.05, 4.69) is 18.7 Å². The van der Waals surface area contributed by atoms with Crippen LogP contribution in [0.1, 0.15) is 32.6 Å². The van der Waals surface area contributed by atoms with Crippen LogP contribution in [-0.4, -0.2) is 11.5 Å². The van der Waals surface area contributed by atoms with Gasteiger partial charge in [0.2, 0.25) is 0 Å². The van der Waals surface area contributed by atoms with Gasteiger partial charge in [0.05, 0.1) is 0 Å². The standard InChI is InChI=1S/C8H16S/c1-2-3-4-8-5-6-9-7-8/h8H,2-7H2,1H3/t8-/m1/s1. The van der Waals surface area contributed by atoms with Crippen molar-refractivity contribution in [2.75, 3.05) is 11.5 Å². The van der Waals surface area contributed by atoms with Crippen LogP contribution < -0.4 is 0 Å². The molecule has 0 radical (unpaired) electrons. The molecule has 54 valence electrons. The molecule has 1 aliphatic rings. The zero-order chi connectivity index (χ0) is 6.53. The molecule has 0 unspecified atom stereocenters. The van der Waals surface area contributed by atoms with Crippen LogP contribution in [0, 0.1) is 5.92 Å². The van der Waals surface area contributed by atoms with Crippen molar-refractivity contribution in [3.8, 4) is 0 Å². The van der Waals surface area contributed by atoms with Gasteiger partial charge >= 0.3 is 0 Å². The van der Waals surface area contributed by atoms with E-state index in [9.17, 15) is 0 Å². The van der Waals surface area contributed by atoms with E-state index in [0.717, 1.165) is 5.92 Å². The fourth-order valence-electron chi connectivity index (χ4n) is 1.30. The molecule has 9 heavy (non-hydrogen) atoms. The fourth-order valence-corrected chi connectivity index (χ4v) is 2.64. The van der Waals surface area contributed by atoms with Crippen molar-refractivity contribution in [2.45, 2.75) is 32.6 Å². The van der Waals surface area contributed by atoms with Gasteiger partial charge in [-0.05, 0) is 30.3 Å². The molecule has 0 bridgehead atoms. The van der Waals surface area contributed by atoms with Crippen LogP contribution in [0.4, 0.5) is 0 Å². The predicted molar refractivity (Wildman–Crippen MR) is 45.0 cm³/mol. The number of unbranched alkanes of at least 4 members (excludes halogenated alkanes) is 1. The van der Waals surface area contributed by atoms with E-state index in [0.29, 0.717) is 0 Å². The van der Waals surface area contributed by atoms with E-state index in [1.54, 1.807) is 0 Å². The third kappa shape index (κ3) is 2.61. The molecule has 0 nitrogen and oxygen atoms in total. The second-order valence-electron chi connectivity index (χ2n) is 2.87. The molecule has 0 aromatic heterocycles. The molecule has 1 saturated heterocycles. The van der Waals surface area contributed by atoms with E-state index < -0.39 is 0 Å². The molecular formula is C8H16S. The van der Waals surface area contributed by atoms with Gasteiger partial charge in [-0.1, -0.05) is 19.8 Å². The summed E-state index contributed by atoms with van der Waals surface area (Å²) in [4.78, 5) is 0. The smallest absolute Gasteiger partial charge is 0.00388 e. The van der Waals surface area contributed by atoms with Gasteiger partial charge in [0.25, 0.3) is 0 Å². The molecule has 0 aromatic rings. The number of hydrogen-bond donors (Lipinski definition) is 0. The summed E-state index contributed by atoms with van der Waals surface area (Å²) in [6, 6.07) is 0. The summed E-state index contributed by atoms with van der Waals surface area (Å²) in [7, 11) is 0. The van der Waals surface area contributed by atoms with Gasteiger partial charge in [-0.25, -0.2) is 0 Å². The third-order valence-corrected chi connectivity index (χ3v) is 3.22. The SMILES string of the molecule is CCCC[C@@H]1CCSC1. The lowest BCUT2D eigenvalue weighted by Crippen LogP contribution is -1.96. The Morgan fingerprint density at radius 1 is 1.56 bits per heavy atom. The van der Waals surface area contributed by atoms with Gasteiger partial charge in [0, 0.05) is 0 Å². The number of rotatable bonds is 3. The summed E-state index contributed by atoms with van der Waals surface area (Å²) in [5.74, 6) is 3.95. The monoisotopic (exact) mass is 144 g/mol. The average molecular weight is 144 g/mol. The van der Waals surface area contributed by atoms with E-state index in [-0.39, 0.29) is 0 Å². The molecule has 0 aromatic carbocycles. The van der Waals surface area contributed by atoms with Gasteiger partial charge in [0.1, 0.15) is 0 Å². The van der Waals surface area contributed by atoms with Gasteiger partial charge in [0.15, 0.2) is 0 Å². The first-order valence-electron chi connectivity index (χ1n) is 4.01. The number of hydrogen-bond acceptors (Lipinski definition) is 1. The summed E-state index contributed by atoms with van der Waals surface area (Å²) < 4.78 is 0. The Kier molecular flexibility index (Phi) is 3.49. The van der Waals surface area contributed by atoms with Crippen LogP contribution in [0.15, 0.2) is 0 Å².